The van der Waals surface area contributed by atoms with E-state index >= 15 is 0 Å². The van der Waals surface area contributed by atoms with Gasteiger partial charge in [0.25, 0.3) is 0 Å². The second-order valence-electron chi connectivity index (χ2n) is 4.06. The molecule has 2 atom stereocenters. The van der Waals surface area contributed by atoms with Gasteiger partial charge in [0.15, 0.2) is 0 Å². The number of unbranched alkanes of at least 4 members (excludes halogenated alkanes) is 2. The van der Waals surface area contributed by atoms with E-state index in [1.54, 1.807) is 0 Å². The van der Waals surface area contributed by atoms with Gasteiger partial charge < -0.3 is 20.1 Å². The van der Waals surface area contributed by atoms with Crippen LogP contribution in [0, 0.1) is 0 Å². The van der Waals surface area contributed by atoms with Crippen molar-refractivity contribution in [3.63, 3.8) is 0 Å². The van der Waals surface area contributed by atoms with Gasteiger partial charge in [-0.25, -0.2) is 0 Å². The average molecular weight is 234 g/mol. The molecule has 0 aromatic heterocycles. The number of rotatable bonds is 11. The van der Waals surface area contributed by atoms with E-state index in [9.17, 15) is 5.11 Å². The first kappa shape index (κ1) is 15.8. The fourth-order valence-corrected chi connectivity index (χ4v) is 1.70. The van der Waals surface area contributed by atoms with Crippen molar-refractivity contribution in [3.8, 4) is 0 Å². The van der Waals surface area contributed by atoms with E-state index in [-0.39, 0.29) is 19.3 Å². The van der Waals surface area contributed by atoms with Gasteiger partial charge in [0.2, 0.25) is 0 Å². The zero-order valence-corrected chi connectivity index (χ0v) is 10.3. The number of aliphatic hydroxyl groups is 3. The predicted octanol–water partition coefficient (Wildman–Crippen LogP) is 1.08. The number of hydrogen-bond acceptors (Lipinski definition) is 4. The molecule has 0 radical (unpaired) electrons. The first-order valence-electron chi connectivity index (χ1n) is 6.27. The first-order valence-corrected chi connectivity index (χ1v) is 6.27. The number of hydrogen-bond donors (Lipinski definition) is 3. The van der Waals surface area contributed by atoms with E-state index in [0.29, 0.717) is 13.0 Å². The van der Waals surface area contributed by atoms with Gasteiger partial charge in [0.1, 0.15) is 0 Å². The fourth-order valence-electron chi connectivity index (χ4n) is 1.70. The second kappa shape index (κ2) is 11.3. The zero-order valence-electron chi connectivity index (χ0n) is 10.3. The Morgan fingerprint density at radius 2 is 1.75 bits per heavy atom. The summed E-state index contributed by atoms with van der Waals surface area (Å²) in [7, 11) is 0. The molecule has 0 aliphatic carbocycles. The van der Waals surface area contributed by atoms with Crippen LogP contribution in [0.3, 0.4) is 0 Å². The van der Waals surface area contributed by atoms with Crippen molar-refractivity contribution in [2.24, 2.45) is 0 Å². The Balaban J connectivity index is 3.72. The van der Waals surface area contributed by atoms with E-state index in [0.717, 1.165) is 32.1 Å². The van der Waals surface area contributed by atoms with Gasteiger partial charge in [0, 0.05) is 6.61 Å². The van der Waals surface area contributed by atoms with E-state index in [4.69, 9.17) is 14.9 Å². The standard InChI is InChI=1S/C12H26O4/c1-2-6-12(16-10-9-14)11(15)7-4-3-5-8-13/h11-15H,2-10H2,1H3. The molecule has 2 unspecified atom stereocenters. The molecule has 4 heteroatoms. The van der Waals surface area contributed by atoms with Crippen LogP contribution in [-0.2, 0) is 4.74 Å². The van der Waals surface area contributed by atoms with Gasteiger partial charge in [-0.1, -0.05) is 26.2 Å². The summed E-state index contributed by atoms with van der Waals surface area (Å²) in [5.74, 6) is 0. The maximum absolute atomic E-state index is 9.90. The molecule has 0 rings (SSSR count). The molecule has 0 spiro atoms. The smallest absolute Gasteiger partial charge is 0.0835 e. The third kappa shape index (κ3) is 8.05. The van der Waals surface area contributed by atoms with Crippen LogP contribution in [0.4, 0.5) is 0 Å². The monoisotopic (exact) mass is 234 g/mol. The molecule has 0 fully saturated rings. The molecule has 0 saturated heterocycles. The maximum atomic E-state index is 9.90. The SMILES string of the molecule is CCCC(OCCO)C(O)CCCCCO. The molecule has 16 heavy (non-hydrogen) atoms. The van der Waals surface area contributed by atoms with Crippen LogP contribution in [0.25, 0.3) is 0 Å². The zero-order chi connectivity index (χ0) is 12.2. The van der Waals surface area contributed by atoms with Crippen LogP contribution in [-0.4, -0.2) is 47.3 Å². The molecule has 0 aromatic rings. The summed E-state index contributed by atoms with van der Waals surface area (Å²) in [6, 6.07) is 0. The Bertz CT molecular complexity index is 141. The molecule has 0 saturated carbocycles. The van der Waals surface area contributed by atoms with Gasteiger partial charge in [-0.05, 0) is 19.3 Å². The van der Waals surface area contributed by atoms with E-state index < -0.39 is 6.10 Å². The first-order chi connectivity index (χ1) is 7.76. The summed E-state index contributed by atoms with van der Waals surface area (Å²) in [5, 5.41) is 27.2. The van der Waals surface area contributed by atoms with Crippen molar-refractivity contribution in [1.82, 2.24) is 0 Å². The summed E-state index contributed by atoms with van der Waals surface area (Å²) in [6.45, 7) is 2.55. The minimum absolute atomic E-state index is 0.00253. The average Bonchev–Trinajstić information content (AvgIpc) is 2.29. The topological polar surface area (TPSA) is 69.9 Å². The highest BCUT2D eigenvalue weighted by molar-refractivity contribution is 4.69. The molecule has 98 valence electrons. The van der Waals surface area contributed by atoms with Crippen LogP contribution in [0.5, 0.6) is 0 Å². The highest BCUT2D eigenvalue weighted by Gasteiger charge is 2.18. The lowest BCUT2D eigenvalue weighted by Gasteiger charge is -2.22. The summed E-state index contributed by atoms with van der Waals surface area (Å²) < 4.78 is 5.40. The summed E-state index contributed by atoms with van der Waals surface area (Å²) in [4.78, 5) is 0. The highest BCUT2D eigenvalue weighted by atomic mass is 16.5. The maximum Gasteiger partial charge on any atom is 0.0835 e. The molecular weight excluding hydrogens is 208 g/mol. The molecule has 0 heterocycles. The molecule has 3 N–H and O–H groups in total. The normalized spacial score (nSPS) is 15.0. The highest BCUT2D eigenvalue weighted by Crippen LogP contribution is 2.13. The van der Waals surface area contributed by atoms with Crippen molar-refractivity contribution >= 4 is 0 Å². The Hall–Kier alpha value is -0.160. The van der Waals surface area contributed by atoms with Crippen LogP contribution in [0.1, 0.15) is 45.4 Å². The summed E-state index contributed by atoms with van der Waals surface area (Å²) in [6.07, 6.45) is 4.51. The van der Waals surface area contributed by atoms with Crippen molar-refractivity contribution in [2.45, 2.75) is 57.7 Å². The lowest BCUT2D eigenvalue weighted by atomic mass is 10.0. The quantitative estimate of drug-likeness (QED) is 0.468. The molecule has 0 bridgehead atoms. The van der Waals surface area contributed by atoms with Gasteiger partial charge in [-0.3, -0.25) is 0 Å². The summed E-state index contributed by atoms with van der Waals surface area (Å²) in [5.41, 5.74) is 0. The lowest BCUT2D eigenvalue weighted by Crippen LogP contribution is -2.30. The molecular formula is C12H26O4. The van der Waals surface area contributed by atoms with Crippen LogP contribution in [0.15, 0.2) is 0 Å². The number of ether oxygens (including phenoxy) is 1. The summed E-state index contributed by atoms with van der Waals surface area (Å²) >= 11 is 0. The van der Waals surface area contributed by atoms with Gasteiger partial charge in [-0.15, -0.1) is 0 Å². The van der Waals surface area contributed by atoms with Crippen LogP contribution >= 0.6 is 0 Å². The van der Waals surface area contributed by atoms with Gasteiger partial charge in [0.05, 0.1) is 25.4 Å². The second-order valence-corrected chi connectivity index (χ2v) is 4.06. The molecule has 0 aromatic carbocycles. The Morgan fingerprint density at radius 1 is 1.00 bits per heavy atom. The molecule has 0 amide bonds. The fraction of sp³-hybridized carbons (Fsp3) is 1.00. The van der Waals surface area contributed by atoms with Crippen molar-refractivity contribution in [2.75, 3.05) is 19.8 Å². The number of aliphatic hydroxyl groups excluding tert-OH is 3. The minimum atomic E-state index is -0.454. The van der Waals surface area contributed by atoms with Crippen molar-refractivity contribution < 1.29 is 20.1 Å². The molecule has 4 nitrogen and oxygen atoms in total. The van der Waals surface area contributed by atoms with E-state index in [1.807, 2.05) is 6.92 Å². The van der Waals surface area contributed by atoms with Crippen LogP contribution in [0.2, 0.25) is 0 Å². The lowest BCUT2D eigenvalue weighted by molar-refractivity contribution is -0.0547. The predicted molar refractivity (Wildman–Crippen MR) is 63.3 cm³/mol. The molecule has 0 aliphatic heterocycles. The van der Waals surface area contributed by atoms with Crippen molar-refractivity contribution in [3.05, 3.63) is 0 Å². The Kier molecular flexibility index (Phi) is 11.2. The molecule has 0 aliphatic rings. The Labute approximate surface area is 98.2 Å². The van der Waals surface area contributed by atoms with Gasteiger partial charge >= 0.3 is 0 Å². The largest absolute Gasteiger partial charge is 0.396 e. The van der Waals surface area contributed by atoms with Crippen LogP contribution < -0.4 is 0 Å². The third-order valence-corrected chi connectivity index (χ3v) is 2.58. The Morgan fingerprint density at radius 3 is 2.31 bits per heavy atom. The minimum Gasteiger partial charge on any atom is -0.396 e. The van der Waals surface area contributed by atoms with E-state index in [2.05, 4.69) is 0 Å². The third-order valence-electron chi connectivity index (χ3n) is 2.58. The van der Waals surface area contributed by atoms with Gasteiger partial charge in [-0.2, -0.15) is 0 Å². The van der Waals surface area contributed by atoms with E-state index in [1.165, 1.54) is 0 Å². The van der Waals surface area contributed by atoms with Crippen molar-refractivity contribution in [1.29, 1.82) is 0 Å².